The largest absolute Gasteiger partial charge is 0.375 e. The number of rotatable bonds is 5. The van der Waals surface area contributed by atoms with Crippen LogP contribution in [-0.4, -0.2) is 43.2 Å². The van der Waals surface area contributed by atoms with Gasteiger partial charge in [-0.2, -0.15) is 0 Å². The molecule has 1 unspecified atom stereocenters. The van der Waals surface area contributed by atoms with E-state index in [4.69, 9.17) is 4.74 Å². The van der Waals surface area contributed by atoms with Crippen molar-refractivity contribution in [1.29, 1.82) is 0 Å². The second-order valence-electron chi connectivity index (χ2n) is 4.36. The molecule has 0 aromatic carbocycles. The Morgan fingerprint density at radius 1 is 1.72 bits per heavy atom. The number of carbonyl (C=O) groups excluding carboxylic acids is 1. The Kier molecular flexibility index (Phi) is 5.10. The summed E-state index contributed by atoms with van der Waals surface area (Å²) in [5, 5.41) is 9.22. The standard InChI is InChI=1S/C12H19N3O2S/c1-9-15-10(8-18-9)2-3-14-12(16)6-11-7-13-4-5-17-11/h8,11,13H,2-7H2,1H3,(H,14,16). The van der Waals surface area contributed by atoms with Crippen LogP contribution in [0, 0.1) is 6.92 Å². The Bertz CT molecular complexity index is 388. The van der Waals surface area contributed by atoms with Gasteiger partial charge < -0.3 is 15.4 Å². The summed E-state index contributed by atoms with van der Waals surface area (Å²) >= 11 is 1.64. The number of aromatic nitrogens is 1. The quantitative estimate of drug-likeness (QED) is 0.816. The minimum atomic E-state index is 0.0141. The summed E-state index contributed by atoms with van der Waals surface area (Å²) in [7, 11) is 0. The van der Waals surface area contributed by atoms with Crippen LogP contribution in [0.4, 0.5) is 0 Å². The van der Waals surface area contributed by atoms with Crippen LogP contribution < -0.4 is 10.6 Å². The second kappa shape index (κ2) is 6.82. The number of aryl methyl sites for hydroxylation is 1. The Hall–Kier alpha value is -0.980. The van der Waals surface area contributed by atoms with Gasteiger partial charge in [-0.05, 0) is 6.92 Å². The van der Waals surface area contributed by atoms with E-state index in [-0.39, 0.29) is 12.0 Å². The summed E-state index contributed by atoms with van der Waals surface area (Å²) in [4.78, 5) is 16.0. The fourth-order valence-electron chi connectivity index (χ4n) is 1.88. The minimum Gasteiger partial charge on any atom is -0.375 e. The summed E-state index contributed by atoms with van der Waals surface area (Å²) < 4.78 is 5.48. The molecule has 1 aromatic heterocycles. The molecule has 6 heteroatoms. The molecule has 0 bridgehead atoms. The Morgan fingerprint density at radius 3 is 3.28 bits per heavy atom. The molecule has 1 atom stereocenters. The van der Waals surface area contributed by atoms with E-state index >= 15 is 0 Å². The van der Waals surface area contributed by atoms with Crippen molar-refractivity contribution in [2.45, 2.75) is 25.9 Å². The van der Waals surface area contributed by atoms with E-state index in [1.54, 1.807) is 11.3 Å². The molecule has 1 aliphatic heterocycles. The van der Waals surface area contributed by atoms with Crippen LogP contribution in [0.3, 0.4) is 0 Å². The normalized spacial score (nSPS) is 19.7. The lowest BCUT2D eigenvalue weighted by molar-refractivity contribution is -0.124. The lowest BCUT2D eigenvalue weighted by atomic mass is 10.2. The highest BCUT2D eigenvalue weighted by molar-refractivity contribution is 7.09. The number of morpholine rings is 1. The van der Waals surface area contributed by atoms with Gasteiger partial charge in [0.2, 0.25) is 5.91 Å². The van der Waals surface area contributed by atoms with Crippen molar-refractivity contribution in [3.8, 4) is 0 Å². The van der Waals surface area contributed by atoms with E-state index < -0.39 is 0 Å². The van der Waals surface area contributed by atoms with Gasteiger partial charge in [0.05, 0.1) is 29.8 Å². The van der Waals surface area contributed by atoms with Gasteiger partial charge in [0, 0.05) is 31.4 Å². The zero-order valence-corrected chi connectivity index (χ0v) is 11.4. The molecular weight excluding hydrogens is 250 g/mol. The molecule has 0 aliphatic carbocycles. The number of nitrogens with zero attached hydrogens (tertiary/aromatic N) is 1. The Labute approximate surface area is 111 Å². The third kappa shape index (κ3) is 4.36. The van der Waals surface area contributed by atoms with Gasteiger partial charge in [-0.25, -0.2) is 4.98 Å². The molecule has 0 spiro atoms. The highest BCUT2D eigenvalue weighted by Crippen LogP contribution is 2.08. The highest BCUT2D eigenvalue weighted by Gasteiger charge is 2.16. The number of ether oxygens (including phenoxy) is 1. The van der Waals surface area contributed by atoms with Gasteiger partial charge in [-0.15, -0.1) is 11.3 Å². The van der Waals surface area contributed by atoms with Crippen molar-refractivity contribution in [2.75, 3.05) is 26.2 Å². The summed E-state index contributed by atoms with van der Waals surface area (Å²) in [6, 6.07) is 0. The van der Waals surface area contributed by atoms with Gasteiger partial charge >= 0.3 is 0 Å². The fraction of sp³-hybridized carbons (Fsp3) is 0.667. The molecule has 1 aliphatic rings. The van der Waals surface area contributed by atoms with Crippen LogP contribution in [0.1, 0.15) is 17.1 Å². The predicted octanol–water partition coefficient (Wildman–Crippen LogP) is 0.489. The molecule has 1 amide bonds. The maximum absolute atomic E-state index is 11.7. The highest BCUT2D eigenvalue weighted by atomic mass is 32.1. The molecule has 2 rings (SSSR count). The lowest BCUT2D eigenvalue weighted by Gasteiger charge is -2.22. The van der Waals surface area contributed by atoms with Gasteiger partial charge in [0.1, 0.15) is 0 Å². The first-order valence-electron chi connectivity index (χ1n) is 6.24. The molecule has 1 saturated heterocycles. The minimum absolute atomic E-state index is 0.0141. The van der Waals surface area contributed by atoms with Crippen LogP contribution >= 0.6 is 11.3 Å². The fourth-order valence-corrected chi connectivity index (χ4v) is 2.53. The first-order valence-corrected chi connectivity index (χ1v) is 7.12. The number of hydrogen-bond donors (Lipinski definition) is 2. The predicted molar refractivity (Wildman–Crippen MR) is 70.8 cm³/mol. The average Bonchev–Trinajstić information content (AvgIpc) is 2.76. The van der Waals surface area contributed by atoms with E-state index in [2.05, 4.69) is 15.6 Å². The van der Waals surface area contributed by atoms with Crippen LogP contribution in [0.2, 0.25) is 0 Å². The Balaban J connectivity index is 1.62. The monoisotopic (exact) mass is 269 g/mol. The number of thiazole rings is 1. The summed E-state index contributed by atoms with van der Waals surface area (Å²) in [5.41, 5.74) is 1.05. The average molecular weight is 269 g/mol. The van der Waals surface area contributed by atoms with Gasteiger partial charge in [0.15, 0.2) is 0 Å². The number of nitrogens with one attached hydrogen (secondary N) is 2. The number of hydrogen-bond acceptors (Lipinski definition) is 5. The summed E-state index contributed by atoms with van der Waals surface area (Å²) in [6.07, 6.45) is 1.24. The van der Waals surface area contributed by atoms with E-state index in [1.807, 2.05) is 12.3 Å². The molecule has 0 radical (unpaired) electrons. The van der Waals surface area contributed by atoms with Gasteiger partial charge in [-0.1, -0.05) is 0 Å². The molecule has 18 heavy (non-hydrogen) atoms. The zero-order valence-electron chi connectivity index (χ0n) is 10.6. The third-order valence-electron chi connectivity index (χ3n) is 2.79. The molecule has 1 aromatic rings. The first-order chi connectivity index (χ1) is 8.74. The maximum Gasteiger partial charge on any atom is 0.222 e. The smallest absolute Gasteiger partial charge is 0.222 e. The Morgan fingerprint density at radius 2 is 2.61 bits per heavy atom. The van der Waals surface area contributed by atoms with Crippen LogP contribution in [0.25, 0.3) is 0 Å². The van der Waals surface area contributed by atoms with Crippen molar-refractivity contribution >= 4 is 17.2 Å². The molecule has 2 N–H and O–H groups in total. The van der Waals surface area contributed by atoms with E-state index in [0.29, 0.717) is 19.6 Å². The number of amides is 1. The van der Waals surface area contributed by atoms with Crippen molar-refractivity contribution in [3.63, 3.8) is 0 Å². The van der Waals surface area contributed by atoms with Crippen LogP contribution in [0.15, 0.2) is 5.38 Å². The lowest BCUT2D eigenvalue weighted by Crippen LogP contribution is -2.41. The van der Waals surface area contributed by atoms with Crippen molar-refractivity contribution in [2.24, 2.45) is 0 Å². The second-order valence-corrected chi connectivity index (χ2v) is 5.42. The summed E-state index contributed by atoms with van der Waals surface area (Å²) in [5.74, 6) is 0.0515. The van der Waals surface area contributed by atoms with Crippen LogP contribution in [-0.2, 0) is 16.0 Å². The molecule has 2 heterocycles. The van der Waals surface area contributed by atoms with E-state index in [9.17, 15) is 4.79 Å². The SMILES string of the molecule is Cc1nc(CCNC(=O)CC2CNCCO2)cs1. The molecule has 5 nitrogen and oxygen atoms in total. The summed E-state index contributed by atoms with van der Waals surface area (Å²) in [6.45, 7) is 4.96. The van der Waals surface area contributed by atoms with Crippen molar-refractivity contribution in [3.05, 3.63) is 16.1 Å². The zero-order chi connectivity index (χ0) is 12.8. The van der Waals surface area contributed by atoms with Gasteiger partial charge in [-0.3, -0.25) is 4.79 Å². The number of carbonyl (C=O) groups is 1. The van der Waals surface area contributed by atoms with E-state index in [1.165, 1.54) is 0 Å². The third-order valence-corrected chi connectivity index (χ3v) is 3.61. The first kappa shape index (κ1) is 13.5. The van der Waals surface area contributed by atoms with Crippen molar-refractivity contribution in [1.82, 2.24) is 15.6 Å². The van der Waals surface area contributed by atoms with Gasteiger partial charge in [0.25, 0.3) is 0 Å². The van der Waals surface area contributed by atoms with Crippen LogP contribution in [0.5, 0.6) is 0 Å². The molecule has 1 fully saturated rings. The molecule has 100 valence electrons. The van der Waals surface area contributed by atoms with E-state index in [0.717, 1.165) is 30.2 Å². The van der Waals surface area contributed by atoms with Crippen molar-refractivity contribution < 1.29 is 9.53 Å². The topological polar surface area (TPSA) is 63.2 Å². The molecule has 0 saturated carbocycles. The maximum atomic E-state index is 11.7. The molecular formula is C12H19N3O2S.